The molecule has 3 unspecified atom stereocenters. The first-order chi connectivity index (χ1) is 29.5. The van der Waals surface area contributed by atoms with Gasteiger partial charge < -0.3 is 55.9 Å². The summed E-state index contributed by atoms with van der Waals surface area (Å²) in [5.41, 5.74) is 8.11. The summed E-state index contributed by atoms with van der Waals surface area (Å²) >= 11 is 3.44. The summed E-state index contributed by atoms with van der Waals surface area (Å²) in [7, 11) is -1.42. The summed E-state index contributed by atoms with van der Waals surface area (Å²) in [5, 5.41) is 32.5. The zero-order chi connectivity index (χ0) is 45.9. The third-order valence-corrected chi connectivity index (χ3v) is 13.7. The van der Waals surface area contributed by atoms with Crippen molar-refractivity contribution in [2.75, 3.05) is 56.7 Å². The summed E-state index contributed by atoms with van der Waals surface area (Å²) < 4.78 is 17.3. The highest BCUT2D eigenvalue weighted by molar-refractivity contribution is 8.00. The number of azide groups is 1. The van der Waals surface area contributed by atoms with Crippen molar-refractivity contribution in [2.45, 2.75) is 133 Å². The minimum absolute atomic E-state index is 0.0326. The second kappa shape index (κ2) is 30.3. The van der Waals surface area contributed by atoms with E-state index in [0.717, 1.165) is 37.2 Å². The smallest absolute Gasteiger partial charge is 0.326 e. The standard InChI is InChI=1S/C38H68N10O11S2Si/c1-24(2)32(43-25(3)49)35(53)45-27(21-42-48-39)34(52)41-16-18-58-62-59-38(4,5)23-57-17-10-19-60-20-14-31(51)44-26(36(54)55)11-8-9-15-40-30(50)13-7-6-12-29-33-28(22-61-29)46-37(56)47-33/h24,26-29,32-33H,6-23,62H2,1-5H3,(H,40,50)(H,41,52)(H,43,49)(H,44,51)(H,45,53)(H,54,55)(H2,46,47,56)/t26-,27-,28?,29?,32-,33?/m1/s1. The van der Waals surface area contributed by atoms with E-state index >= 15 is 0 Å². The van der Waals surface area contributed by atoms with Crippen LogP contribution in [0.1, 0.15) is 92.4 Å². The second-order valence-corrected chi connectivity index (χ2v) is 19.5. The summed E-state index contributed by atoms with van der Waals surface area (Å²) in [4.78, 5) is 87.5. The van der Waals surface area contributed by atoms with Crippen molar-refractivity contribution in [2.24, 2.45) is 11.0 Å². The van der Waals surface area contributed by atoms with Gasteiger partial charge in [0.2, 0.25) is 29.5 Å². The van der Waals surface area contributed by atoms with E-state index < -0.39 is 57.4 Å². The lowest BCUT2D eigenvalue weighted by atomic mass is 10.0. The number of unbranched alkanes of at least 4 members (excludes halogenated alkanes) is 2. The van der Waals surface area contributed by atoms with Gasteiger partial charge >= 0.3 is 22.0 Å². The molecule has 62 heavy (non-hydrogen) atoms. The third kappa shape index (κ3) is 23.0. The summed E-state index contributed by atoms with van der Waals surface area (Å²) in [6.45, 7) is 9.78. The molecule has 0 aromatic carbocycles. The number of thioether (sulfide) groups is 2. The summed E-state index contributed by atoms with van der Waals surface area (Å²) in [6, 6.07) is -2.72. The Balaban J connectivity index is 1.47. The predicted molar refractivity (Wildman–Crippen MR) is 239 cm³/mol. The van der Waals surface area contributed by atoms with Crippen LogP contribution in [0.5, 0.6) is 0 Å². The average molecular weight is 933 g/mol. The molecular formula is C38H68N10O11S2Si. The van der Waals surface area contributed by atoms with Crippen LogP contribution in [0.4, 0.5) is 4.79 Å². The van der Waals surface area contributed by atoms with E-state index in [1.54, 1.807) is 25.6 Å². The van der Waals surface area contributed by atoms with Crippen molar-refractivity contribution in [3.8, 4) is 0 Å². The molecule has 2 heterocycles. The van der Waals surface area contributed by atoms with Crippen LogP contribution in [0.15, 0.2) is 5.11 Å². The molecule has 0 saturated carbocycles. The fourth-order valence-corrected chi connectivity index (χ4v) is 9.58. The van der Waals surface area contributed by atoms with E-state index in [0.29, 0.717) is 50.0 Å². The van der Waals surface area contributed by atoms with Gasteiger partial charge in [0.15, 0.2) is 0 Å². The molecule has 2 aliphatic rings. The van der Waals surface area contributed by atoms with Gasteiger partial charge in [-0.1, -0.05) is 25.4 Å². The number of fused-ring (bicyclic) bond motifs is 1. The first-order valence-electron chi connectivity index (χ1n) is 21.2. The lowest BCUT2D eigenvalue weighted by Gasteiger charge is -2.25. The van der Waals surface area contributed by atoms with E-state index in [9.17, 15) is 38.7 Å². The maximum absolute atomic E-state index is 12.7. The lowest BCUT2D eigenvalue weighted by molar-refractivity contribution is -0.142. The number of nitrogens with one attached hydrogen (secondary N) is 7. The maximum Gasteiger partial charge on any atom is 0.326 e. The van der Waals surface area contributed by atoms with Crippen molar-refractivity contribution in [3.63, 3.8) is 0 Å². The Morgan fingerprint density at radius 2 is 1.73 bits per heavy atom. The molecule has 0 aromatic heterocycles. The number of carbonyl (C=O) groups is 7. The lowest BCUT2D eigenvalue weighted by Crippen LogP contribution is -2.56. The van der Waals surface area contributed by atoms with E-state index in [2.05, 4.69) is 47.2 Å². The summed E-state index contributed by atoms with van der Waals surface area (Å²) in [5.74, 6) is -1.01. The second-order valence-electron chi connectivity index (χ2n) is 16.1. The molecule has 0 spiro atoms. The highest BCUT2D eigenvalue weighted by Gasteiger charge is 2.42. The molecule has 7 amide bonds. The minimum atomic E-state index is -1.42. The number of nitrogens with zero attached hydrogens (tertiary/aromatic N) is 3. The molecule has 0 bridgehead atoms. The van der Waals surface area contributed by atoms with Gasteiger partial charge in [-0.3, -0.25) is 24.0 Å². The molecule has 21 nitrogen and oxygen atoms in total. The largest absolute Gasteiger partial charge is 0.480 e. The van der Waals surface area contributed by atoms with E-state index in [-0.39, 0.29) is 68.4 Å². The quantitative estimate of drug-likeness (QED) is 0.0112. The number of hydrogen-bond acceptors (Lipinski definition) is 13. The zero-order valence-electron chi connectivity index (χ0n) is 36.7. The first kappa shape index (κ1) is 54.3. The van der Waals surface area contributed by atoms with Gasteiger partial charge in [0.25, 0.3) is 0 Å². The van der Waals surface area contributed by atoms with Crippen LogP contribution in [-0.2, 0) is 42.4 Å². The highest BCUT2D eigenvalue weighted by Crippen LogP contribution is 2.33. The van der Waals surface area contributed by atoms with Gasteiger partial charge in [-0.05, 0) is 69.6 Å². The Labute approximate surface area is 375 Å². The van der Waals surface area contributed by atoms with Gasteiger partial charge in [0.05, 0.1) is 37.4 Å². The molecule has 8 N–H and O–H groups in total. The number of rotatable bonds is 34. The van der Waals surface area contributed by atoms with E-state index in [1.165, 1.54) is 6.92 Å². The molecule has 6 atom stereocenters. The SMILES string of the molecule is CC(=O)N[C@@H](C(=O)N[C@H](CN=[N+]=[N-])C(=O)NCCO[SiH2]OC(C)(C)COCCCSCCC(=O)N[C@H](CCCCNC(=O)CCCCC1SCC2NC(=O)NC21)C(=O)O)C(C)C. The number of carbonyl (C=O) groups excluding carboxylic acids is 6. The van der Waals surface area contributed by atoms with Crippen LogP contribution in [0.25, 0.3) is 10.4 Å². The molecule has 0 aromatic rings. The maximum atomic E-state index is 12.7. The van der Waals surface area contributed by atoms with Crippen molar-refractivity contribution < 1.29 is 52.3 Å². The average Bonchev–Trinajstić information content (AvgIpc) is 3.77. The number of amides is 7. The van der Waals surface area contributed by atoms with Crippen LogP contribution in [0.3, 0.4) is 0 Å². The van der Waals surface area contributed by atoms with Crippen LogP contribution in [0.2, 0.25) is 0 Å². The van der Waals surface area contributed by atoms with Gasteiger partial charge in [-0.2, -0.15) is 23.5 Å². The Bertz CT molecular complexity index is 1510. The Morgan fingerprint density at radius 1 is 0.952 bits per heavy atom. The number of urea groups is 1. The molecule has 0 aliphatic carbocycles. The normalized spacial score (nSPS) is 18.5. The summed E-state index contributed by atoms with van der Waals surface area (Å²) in [6.07, 6.45) is 5.40. The van der Waals surface area contributed by atoms with Gasteiger partial charge in [0.1, 0.15) is 18.1 Å². The Hall–Kier alpha value is -3.80. The van der Waals surface area contributed by atoms with Crippen molar-refractivity contribution >= 4 is 75.1 Å². The third-order valence-electron chi connectivity index (χ3n) is 9.80. The zero-order valence-corrected chi connectivity index (χ0v) is 39.7. The Morgan fingerprint density at radius 3 is 2.44 bits per heavy atom. The van der Waals surface area contributed by atoms with Gasteiger partial charge in [0, 0.05) is 61.1 Å². The molecule has 2 fully saturated rings. The number of ether oxygens (including phenoxy) is 1. The monoisotopic (exact) mass is 932 g/mol. The number of carboxylic acid groups (broad SMARTS) is 1. The van der Waals surface area contributed by atoms with Crippen LogP contribution in [-0.4, -0.2) is 154 Å². The van der Waals surface area contributed by atoms with Crippen LogP contribution < -0.4 is 37.2 Å². The minimum Gasteiger partial charge on any atom is -0.480 e. The van der Waals surface area contributed by atoms with E-state index in [1.807, 2.05) is 25.6 Å². The molecular weight excluding hydrogens is 865 g/mol. The van der Waals surface area contributed by atoms with Crippen molar-refractivity contribution in [3.05, 3.63) is 10.4 Å². The fraction of sp³-hybridized carbons (Fsp3) is 0.816. The molecule has 24 heteroatoms. The molecule has 0 radical (unpaired) electrons. The topological polar surface area (TPSA) is 300 Å². The number of carboxylic acids is 1. The van der Waals surface area contributed by atoms with Crippen LogP contribution in [0, 0.1) is 5.92 Å². The molecule has 2 rings (SSSR count). The van der Waals surface area contributed by atoms with Crippen molar-refractivity contribution in [1.29, 1.82) is 0 Å². The molecule has 2 saturated heterocycles. The Kier molecular flexibility index (Phi) is 26.6. The van der Waals surface area contributed by atoms with Gasteiger partial charge in [-0.25, -0.2) is 9.59 Å². The fourth-order valence-electron chi connectivity index (χ4n) is 6.43. The first-order valence-corrected chi connectivity index (χ1v) is 24.6. The molecule has 352 valence electrons. The van der Waals surface area contributed by atoms with Gasteiger partial charge in [-0.15, -0.1) is 0 Å². The molecule has 2 aliphatic heterocycles. The highest BCUT2D eigenvalue weighted by atomic mass is 32.2. The number of hydrogen-bond donors (Lipinski definition) is 8. The predicted octanol–water partition coefficient (Wildman–Crippen LogP) is 0.981. The number of aliphatic carboxylic acids is 1. The van der Waals surface area contributed by atoms with E-state index in [4.69, 9.17) is 19.1 Å². The van der Waals surface area contributed by atoms with Crippen molar-refractivity contribution in [1.82, 2.24) is 37.2 Å². The van der Waals surface area contributed by atoms with Crippen LogP contribution >= 0.6 is 23.5 Å².